The number of carbonyl (C=O) groups excluding carboxylic acids is 1. The van der Waals surface area contributed by atoms with Crippen molar-refractivity contribution >= 4 is 33.0 Å². The highest BCUT2D eigenvalue weighted by molar-refractivity contribution is 9.10. The van der Waals surface area contributed by atoms with Crippen molar-refractivity contribution in [2.45, 2.75) is 25.8 Å². The number of fused-ring (bicyclic) bond motifs is 1. The fourth-order valence-electron chi connectivity index (χ4n) is 3.53. The molecule has 0 N–H and O–H groups in total. The molecule has 0 saturated carbocycles. The summed E-state index contributed by atoms with van der Waals surface area (Å²) in [6.07, 6.45) is 2.74. The molecule has 25 heavy (non-hydrogen) atoms. The molecule has 128 valence electrons. The van der Waals surface area contributed by atoms with E-state index in [9.17, 15) is 4.79 Å². The van der Waals surface area contributed by atoms with Gasteiger partial charge in [-0.3, -0.25) is 4.79 Å². The third kappa shape index (κ3) is 2.95. The van der Waals surface area contributed by atoms with Crippen LogP contribution >= 0.6 is 15.9 Å². The van der Waals surface area contributed by atoms with Crippen LogP contribution in [-0.2, 0) is 6.54 Å². The molecule has 0 bridgehead atoms. The molecule has 1 atom stereocenters. The number of amides is 1. The average molecular weight is 399 g/mol. The first kappa shape index (κ1) is 16.3. The molecule has 1 aromatic carbocycles. The zero-order valence-electron chi connectivity index (χ0n) is 14.0. The van der Waals surface area contributed by atoms with Crippen molar-refractivity contribution in [3.63, 3.8) is 0 Å². The Morgan fingerprint density at radius 2 is 2.08 bits per heavy atom. The van der Waals surface area contributed by atoms with Crippen molar-refractivity contribution in [1.29, 1.82) is 0 Å². The minimum Gasteiger partial charge on any atom is -0.338 e. The van der Waals surface area contributed by atoms with Gasteiger partial charge in [0.1, 0.15) is 11.3 Å². The molecule has 1 aliphatic heterocycles. The van der Waals surface area contributed by atoms with Crippen molar-refractivity contribution in [2.24, 2.45) is 0 Å². The molecule has 2 aromatic heterocycles. The molecule has 3 aromatic rings. The SMILES string of the molecule is CCn1c([C@H]2CCN(C(=O)c3ccc(Br)cc3)C2)nc2cccnc21. The Bertz CT molecular complexity index is 919. The summed E-state index contributed by atoms with van der Waals surface area (Å²) in [7, 11) is 0. The second-order valence-corrected chi connectivity index (χ2v) is 7.22. The number of aryl methyl sites for hydroxylation is 1. The van der Waals surface area contributed by atoms with E-state index < -0.39 is 0 Å². The molecule has 3 heterocycles. The standard InChI is InChI=1S/C19H19BrN4O/c1-2-24-17(22-16-4-3-10-21-18(16)24)14-9-11-23(12-14)19(25)13-5-7-15(20)8-6-13/h3-8,10,14H,2,9,11-12H2,1H3/t14-/m0/s1. The van der Waals surface area contributed by atoms with Gasteiger partial charge in [-0.15, -0.1) is 0 Å². The summed E-state index contributed by atoms with van der Waals surface area (Å²) in [5.74, 6) is 1.39. The molecule has 4 rings (SSSR count). The number of hydrogen-bond donors (Lipinski definition) is 0. The predicted octanol–water partition coefficient (Wildman–Crippen LogP) is 3.84. The number of aromatic nitrogens is 3. The van der Waals surface area contributed by atoms with Crippen LogP contribution in [0.15, 0.2) is 47.1 Å². The van der Waals surface area contributed by atoms with E-state index in [1.54, 1.807) is 6.20 Å². The number of pyridine rings is 1. The highest BCUT2D eigenvalue weighted by atomic mass is 79.9. The monoisotopic (exact) mass is 398 g/mol. The number of carbonyl (C=O) groups is 1. The van der Waals surface area contributed by atoms with Crippen LogP contribution in [-0.4, -0.2) is 38.4 Å². The van der Waals surface area contributed by atoms with E-state index in [-0.39, 0.29) is 11.8 Å². The zero-order valence-corrected chi connectivity index (χ0v) is 15.6. The van der Waals surface area contributed by atoms with Crippen LogP contribution in [0, 0.1) is 0 Å². The van der Waals surface area contributed by atoms with Gasteiger partial charge in [0.05, 0.1) is 0 Å². The van der Waals surface area contributed by atoms with Gasteiger partial charge in [0.15, 0.2) is 5.65 Å². The number of imidazole rings is 1. The van der Waals surface area contributed by atoms with Gasteiger partial charge >= 0.3 is 0 Å². The molecule has 0 spiro atoms. The predicted molar refractivity (Wildman–Crippen MR) is 101 cm³/mol. The van der Waals surface area contributed by atoms with Gasteiger partial charge in [-0.2, -0.15) is 0 Å². The summed E-state index contributed by atoms with van der Waals surface area (Å²) in [5, 5.41) is 0. The topological polar surface area (TPSA) is 51.0 Å². The summed E-state index contributed by atoms with van der Waals surface area (Å²) in [4.78, 5) is 23.9. The molecule has 0 aliphatic carbocycles. The molecule has 1 saturated heterocycles. The Morgan fingerprint density at radius 3 is 2.84 bits per heavy atom. The van der Waals surface area contributed by atoms with Crippen molar-refractivity contribution < 1.29 is 4.79 Å². The fraction of sp³-hybridized carbons (Fsp3) is 0.316. The number of halogens is 1. The van der Waals surface area contributed by atoms with E-state index in [1.807, 2.05) is 41.3 Å². The van der Waals surface area contributed by atoms with Gasteiger partial charge in [0, 0.05) is 41.8 Å². The van der Waals surface area contributed by atoms with Crippen molar-refractivity contribution in [3.05, 3.63) is 58.5 Å². The Morgan fingerprint density at radius 1 is 1.28 bits per heavy atom. The third-order valence-electron chi connectivity index (χ3n) is 4.78. The highest BCUT2D eigenvalue weighted by Crippen LogP contribution is 2.30. The Hall–Kier alpha value is -2.21. The van der Waals surface area contributed by atoms with Gasteiger partial charge in [0.25, 0.3) is 5.91 Å². The lowest BCUT2D eigenvalue weighted by molar-refractivity contribution is 0.0790. The lowest BCUT2D eigenvalue weighted by atomic mass is 10.1. The maximum atomic E-state index is 12.7. The Kier molecular flexibility index (Phi) is 4.29. The summed E-state index contributed by atoms with van der Waals surface area (Å²) in [5.41, 5.74) is 2.59. The average Bonchev–Trinajstić information content (AvgIpc) is 3.26. The Labute approximate surface area is 154 Å². The van der Waals surface area contributed by atoms with Gasteiger partial charge in [-0.25, -0.2) is 9.97 Å². The smallest absolute Gasteiger partial charge is 0.253 e. The van der Waals surface area contributed by atoms with Crippen molar-refractivity contribution in [2.75, 3.05) is 13.1 Å². The number of likely N-dealkylation sites (tertiary alicyclic amines) is 1. The molecule has 0 unspecified atom stereocenters. The van der Waals surface area contributed by atoms with Gasteiger partial charge in [-0.1, -0.05) is 15.9 Å². The lowest BCUT2D eigenvalue weighted by Crippen LogP contribution is -2.28. The molecular weight excluding hydrogens is 380 g/mol. The minimum absolute atomic E-state index is 0.0901. The molecule has 6 heteroatoms. The molecule has 1 amide bonds. The van der Waals surface area contributed by atoms with E-state index in [4.69, 9.17) is 4.98 Å². The largest absolute Gasteiger partial charge is 0.338 e. The van der Waals surface area contributed by atoms with Gasteiger partial charge in [0.2, 0.25) is 0 Å². The summed E-state index contributed by atoms with van der Waals surface area (Å²) >= 11 is 3.41. The van der Waals surface area contributed by atoms with E-state index >= 15 is 0 Å². The van der Waals surface area contributed by atoms with Crippen LogP contribution in [0.1, 0.15) is 35.4 Å². The van der Waals surface area contributed by atoms with Crippen LogP contribution < -0.4 is 0 Å². The quantitative estimate of drug-likeness (QED) is 0.673. The van der Waals surface area contributed by atoms with E-state index in [2.05, 4.69) is 32.4 Å². The first-order valence-corrected chi connectivity index (χ1v) is 9.32. The number of rotatable bonds is 3. The minimum atomic E-state index is 0.0901. The fourth-order valence-corrected chi connectivity index (χ4v) is 3.79. The highest BCUT2D eigenvalue weighted by Gasteiger charge is 2.31. The van der Waals surface area contributed by atoms with Gasteiger partial charge < -0.3 is 9.47 Å². The number of nitrogens with zero attached hydrogens (tertiary/aromatic N) is 4. The van der Waals surface area contributed by atoms with Gasteiger partial charge in [-0.05, 0) is 49.7 Å². The summed E-state index contributed by atoms with van der Waals surface area (Å²) < 4.78 is 3.15. The summed E-state index contributed by atoms with van der Waals surface area (Å²) in [6.45, 7) is 4.41. The van der Waals surface area contributed by atoms with Crippen molar-refractivity contribution in [1.82, 2.24) is 19.4 Å². The lowest BCUT2D eigenvalue weighted by Gasteiger charge is -2.17. The van der Waals surface area contributed by atoms with Crippen molar-refractivity contribution in [3.8, 4) is 0 Å². The van der Waals surface area contributed by atoms with Crippen LogP contribution in [0.3, 0.4) is 0 Å². The second-order valence-electron chi connectivity index (χ2n) is 6.30. The molecule has 5 nitrogen and oxygen atoms in total. The maximum Gasteiger partial charge on any atom is 0.253 e. The second kappa shape index (κ2) is 6.59. The van der Waals surface area contributed by atoms with Crippen LogP contribution in [0.2, 0.25) is 0 Å². The number of benzene rings is 1. The van der Waals surface area contributed by atoms with E-state index in [0.717, 1.165) is 46.5 Å². The molecule has 1 fully saturated rings. The first-order valence-electron chi connectivity index (χ1n) is 8.53. The number of hydrogen-bond acceptors (Lipinski definition) is 3. The first-order chi connectivity index (χ1) is 12.2. The molecular formula is C19H19BrN4O. The van der Waals surface area contributed by atoms with Crippen LogP contribution in [0.25, 0.3) is 11.2 Å². The maximum absolute atomic E-state index is 12.7. The van der Waals surface area contributed by atoms with Crippen LogP contribution in [0.4, 0.5) is 0 Å². The normalized spacial score (nSPS) is 17.4. The molecule has 1 aliphatic rings. The Balaban J connectivity index is 1.58. The molecule has 0 radical (unpaired) electrons. The zero-order chi connectivity index (χ0) is 17.4. The van der Waals surface area contributed by atoms with E-state index in [1.165, 1.54) is 0 Å². The van der Waals surface area contributed by atoms with Crippen LogP contribution in [0.5, 0.6) is 0 Å². The van der Waals surface area contributed by atoms with E-state index in [0.29, 0.717) is 6.54 Å². The summed E-state index contributed by atoms with van der Waals surface area (Å²) in [6, 6.07) is 11.5. The third-order valence-corrected chi connectivity index (χ3v) is 5.31.